The van der Waals surface area contributed by atoms with Crippen molar-refractivity contribution in [2.75, 3.05) is 7.11 Å². The van der Waals surface area contributed by atoms with E-state index in [0.717, 1.165) is 33.0 Å². The lowest BCUT2D eigenvalue weighted by molar-refractivity contribution is 0.416. The van der Waals surface area contributed by atoms with E-state index < -0.39 is 0 Å². The normalized spacial score (nSPS) is 10.5. The molecule has 0 atom stereocenters. The van der Waals surface area contributed by atoms with Gasteiger partial charge in [0.05, 0.1) is 7.11 Å². The molecule has 0 spiro atoms. The van der Waals surface area contributed by atoms with Crippen LogP contribution in [0.25, 0.3) is 22.3 Å². The van der Waals surface area contributed by atoms with Crippen LogP contribution in [-0.2, 0) is 0 Å². The Hall–Kier alpha value is -1.96. The van der Waals surface area contributed by atoms with Crippen LogP contribution < -0.4 is 4.74 Å². The zero-order chi connectivity index (χ0) is 15.5. The van der Waals surface area contributed by atoms with Crippen LogP contribution in [-0.4, -0.2) is 7.11 Å². The van der Waals surface area contributed by atoms with Crippen molar-refractivity contribution in [2.24, 2.45) is 0 Å². The van der Waals surface area contributed by atoms with Gasteiger partial charge >= 0.3 is 0 Å². The molecule has 0 amide bonds. The Morgan fingerprint density at radius 2 is 1.45 bits per heavy atom. The van der Waals surface area contributed by atoms with Crippen molar-refractivity contribution < 1.29 is 4.74 Å². The van der Waals surface area contributed by atoms with Gasteiger partial charge in [-0.15, -0.1) is 0 Å². The van der Waals surface area contributed by atoms with E-state index in [1.54, 1.807) is 7.11 Å². The Morgan fingerprint density at radius 3 is 2.14 bits per heavy atom. The monoisotopic (exact) mass is 328 g/mol. The fourth-order valence-corrected chi connectivity index (χ4v) is 2.83. The van der Waals surface area contributed by atoms with E-state index in [0.29, 0.717) is 5.02 Å². The van der Waals surface area contributed by atoms with Crippen molar-refractivity contribution in [3.05, 3.63) is 76.8 Å². The molecule has 0 aliphatic carbocycles. The van der Waals surface area contributed by atoms with Crippen LogP contribution >= 0.6 is 23.2 Å². The highest BCUT2D eigenvalue weighted by Crippen LogP contribution is 2.40. The number of halogens is 2. The summed E-state index contributed by atoms with van der Waals surface area (Å²) in [5.41, 5.74) is 4.21. The van der Waals surface area contributed by atoms with Crippen molar-refractivity contribution in [1.29, 1.82) is 0 Å². The maximum atomic E-state index is 6.15. The summed E-state index contributed by atoms with van der Waals surface area (Å²) in [6, 6.07) is 21.6. The number of hydrogen-bond acceptors (Lipinski definition) is 1. The molecule has 0 N–H and O–H groups in total. The van der Waals surface area contributed by atoms with Gasteiger partial charge in [0.15, 0.2) is 0 Å². The number of ether oxygens (including phenoxy) is 1. The Balaban J connectivity index is 2.25. The van der Waals surface area contributed by atoms with E-state index in [1.807, 2.05) is 60.7 Å². The summed E-state index contributed by atoms with van der Waals surface area (Å²) in [5, 5.41) is 1.42. The fourth-order valence-electron chi connectivity index (χ4n) is 2.51. The lowest BCUT2D eigenvalue weighted by Crippen LogP contribution is -1.91. The van der Waals surface area contributed by atoms with Crippen molar-refractivity contribution in [2.45, 2.75) is 0 Å². The minimum atomic E-state index is 0.700. The SMILES string of the molecule is COc1cccc(-c2ccc(Cl)cc2)c1-c1cccc(Cl)c1. The quantitative estimate of drug-likeness (QED) is 0.545. The first-order valence-electron chi connectivity index (χ1n) is 6.88. The molecule has 1 nitrogen and oxygen atoms in total. The smallest absolute Gasteiger partial charge is 0.127 e. The van der Waals surface area contributed by atoms with Crippen molar-refractivity contribution in [3.8, 4) is 28.0 Å². The molecule has 3 heteroatoms. The summed E-state index contributed by atoms with van der Waals surface area (Å²) in [4.78, 5) is 0. The molecule has 0 aromatic heterocycles. The van der Waals surface area contributed by atoms with Crippen LogP contribution in [0.4, 0.5) is 0 Å². The molecule has 3 rings (SSSR count). The Bertz CT molecular complexity index is 795. The van der Waals surface area contributed by atoms with Crippen LogP contribution in [0.1, 0.15) is 0 Å². The molecule has 0 fully saturated rings. The number of rotatable bonds is 3. The Kier molecular flexibility index (Phi) is 4.37. The van der Waals surface area contributed by atoms with Crippen LogP contribution in [0.2, 0.25) is 10.0 Å². The molecule has 0 saturated heterocycles. The zero-order valence-corrected chi connectivity index (χ0v) is 13.5. The van der Waals surface area contributed by atoms with Gasteiger partial charge in [-0.05, 0) is 47.0 Å². The molecule has 0 saturated carbocycles. The molecule has 110 valence electrons. The molecule has 0 unspecified atom stereocenters. The Morgan fingerprint density at radius 1 is 0.727 bits per heavy atom. The third-order valence-corrected chi connectivity index (χ3v) is 4.00. The minimum Gasteiger partial charge on any atom is -0.496 e. The molecule has 0 aliphatic heterocycles. The van der Waals surface area contributed by atoms with Gasteiger partial charge < -0.3 is 4.74 Å². The van der Waals surface area contributed by atoms with Crippen molar-refractivity contribution >= 4 is 23.2 Å². The van der Waals surface area contributed by atoms with Crippen LogP contribution in [0, 0.1) is 0 Å². The summed E-state index contributed by atoms with van der Waals surface area (Å²) < 4.78 is 5.56. The number of benzene rings is 3. The highest BCUT2D eigenvalue weighted by molar-refractivity contribution is 6.31. The van der Waals surface area contributed by atoms with Gasteiger partial charge in [0.25, 0.3) is 0 Å². The summed E-state index contributed by atoms with van der Waals surface area (Å²) in [7, 11) is 1.68. The number of hydrogen-bond donors (Lipinski definition) is 0. The van der Waals surface area contributed by atoms with Crippen LogP contribution in [0.5, 0.6) is 5.75 Å². The molecule has 0 aliphatic rings. The summed E-state index contributed by atoms with van der Waals surface area (Å²) in [5.74, 6) is 0.815. The third kappa shape index (κ3) is 2.96. The number of methoxy groups -OCH3 is 1. The van der Waals surface area contributed by atoms with Crippen LogP contribution in [0.15, 0.2) is 66.7 Å². The highest BCUT2D eigenvalue weighted by Gasteiger charge is 2.13. The largest absolute Gasteiger partial charge is 0.496 e. The fraction of sp³-hybridized carbons (Fsp3) is 0.0526. The third-order valence-electron chi connectivity index (χ3n) is 3.51. The first-order valence-corrected chi connectivity index (χ1v) is 7.63. The van der Waals surface area contributed by atoms with Gasteiger partial charge in [-0.1, -0.05) is 59.6 Å². The predicted molar refractivity (Wildman–Crippen MR) is 93.9 cm³/mol. The average Bonchev–Trinajstić information content (AvgIpc) is 2.55. The first kappa shape index (κ1) is 15.0. The van der Waals surface area contributed by atoms with Crippen molar-refractivity contribution in [3.63, 3.8) is 0 Å². The molecule has 3 aromatic carbocycles. The second-order valence-corrected chi connectivity index (χ2v) is 5.77. The van der Waals surface area contributed by atoms with E-state index in [2.05, 4.69) is 6.07 Å². The topological polar surface area (TPSA) is 9.23 Å². The lowest BCUT2D eigenvalue weighted by atomic mass is 9.94. The summed E-state index contributed by atoms with van der Waals surface area (Å²) in [6.07, 6.45) is 0. The zero-order valence-electron chi connectivity index (χ0n) is 12.0. The lowest BCUT2D eigenvalue weighted by Gasteiger charge is -2.15. The molecular formula is C19H14Cl2O. The summed E-state index contributed by atoms with van der Waals surface area (Å²) >= 11 is 12.1. The highest BCUT2D eigenvalue weighted by atomic mass is 35.5. The van der Waals surface area contributed by atoms with Gasteiger partial charge in [0.1, 0.15) is 5.75 Å². The molecule has 0 heterocycles. The second kappa shape index (κ2) is 6.43. The first-order chi connectivity index (χ1) is 10.7. The Labute approximate surface area is 140 Å². The van der Waals surface area contributed by atoms with E-state index >= 15 is 0 Å². The minimum absolute atomic E-state index is 0.700. The predicted octanol–water partition coefficient (Wildman–Crippen LogP) is 6.34. The molecule has 0 bridgehead atoms. The second-order valence-electron chi connectivity index (χ2n) is 4.90. The molecule has 3 aromatic rings. The summed E-state index contributed by atoms with van der Waals surface area (Å²) in [6.45, 7) is 0. The van der Waals surface area contributed by atoms with Crippen LogP contribution in [0.3, 0.4) is 0 Å². The van der Waals surface area contributed by atoms with E-state index in [1.165, 1.54) is 0 Å². The van der Waals surface area contributed by atoms with E-state index in [-0.39, 0.29) is 0 Å². The molecule has 0 radical (unpaired) electrons. The maximum Gasteiger partial charge on any atom is 0.127 e. The van der Waals surface area contributed by atoms with Crippen molar-refractivity contribution in [1.82, 2.24) is 0 Å². The average molecular weight is 329 g/mol. The van der Waals surface area contributed by atoms with Gasteiger partial charge in [-0.2, -0.15) is 0 Å². The van der Waals surface area contributed by atoms with E-state index in [9.17, 15) is 0 Å². The van der Waals surface area contributed by atoms with Gasteiger partial charge in [-0.25, -0.2) is 0 Å². The maximum absolute atomic E-state index is 6.15. The van der Waals surface area contributed by atoms with Gasteiger partial charge in [0.2, 0.25) is 0 Å². The van der Waals surface area contributed by atoms with Gasteiger partial charge in [-0.3, -0.25) is 0 Å². The standard InChI is InChI=1S/C19H14Cl2O/c1-22-18-7-3-6-17(13-8-10-15(20)11-9-13)19(18)14-4-2-5-16(21)12-14/h2-12H,1H3. The van der Waals surface area contributed by atoms with E-state index in [4.69, 9.17) is 27.9 Å². The van der Waals surface area contributed by atoms with Gasteiger partial charge in [0, 0.05) is 15.6 Å². The molecular weight excluding hydrogens is 315 g/mol. The molecule has 22 heavy (non-hydrogen) atoms.